The van der Waals surface area contributed by atoms with Gasteiger partial charge in [0, 0.05) is 29.7 Å². The molecule has 5 nitrogen and oxygen atoms in total. The molecule has 0 aliphatic rings. The number of hydrogen-bond acceptors (Lipinski definition) is 3. The second-order valence-electron chi connectivity index (χ2n) is 5.39. The first-order valence-electron chi connectivity index (χ1n) is 7.33. The van der Waals surface area contributed by atoms with Gasteiger partial charge < -0.3 is 15.2 Å². The van der Waals surface area contributed by atoms with E-state index in [1.807, 2.05) is 6.07 Å². The second-order valence-corrected chi connectivity index (χ2v) is 6.30. The highest BCUT2D eigenvalue weighted by atomic mass is 127. The average Bonchev–Trinajstić information content (AvgIpc) is 3.00. The van der Waals surface area contributed by atoms with Gasteiger partial charge in [0.05, 0.1) is 12.2 Å². The van der Waals surface area contributed by atoms with Gasteiger partial charge >= 0.3 is 0 Å². The Balaban J connectivity index is 0.00000288. The zero-order valence-corrected chi connectivity index (χ0v) is 17.7. The molecule has 0 aliphatic heterocycles. The lowest BCUT2D eigenvalue weighted by molar-refractivity contribution is 0.372. The zero-order valence-electron chi connectivity index (χ0n) is 13.8. The lowest BCUT2D eigenvalue weighted by Gasteiger charge is -2.11. The Morgan fingerprint density at radius 2 is 2.00 bits per heavy atom. The number of hydrogen-bond donors (Lipinski definition) is 2. The van der Waals surface area contributed by atoms with Crippen LogP contribution in [0.3, 0.4) is 0 Å². The van der Waals surface area contributed by atoms with Crippen molar-refractivity contribution in [2.75, 3.05) is 7.05 Å². The number of benzene rings is 1. The van der Waals surface area contributed by atoms with Gasteiger partial charge in [-0.05, 0) is 24.1 Å². The molecule has 0 saturated carbocycles. The van der Waals surface area contributed by atoms with Gasteiger partial charge in [-0.25, -0.2) is 4.39 Å². The summed E-state index contributed by atoms with van der Waals surface area (Å²) in [5.74, 6) is 1.36. The van der Waals surface area contributed by atoms with Crippen molar-refractivity contribution in [3.8, 4) is 0 Å². The number of aliphatic imine (C=N–C) groups is 1. The highest BCUT2D eigenvalue weighted by Crippen LogP contribution is 2.15. The molecule has 1 aromatic carbocycles. The monoisotopic (exact) mass is 510 g/mol. The minimum atomic E-state index is -0.257. The van der Waals surface area contributed by atoms with Crippen molar-refractivity contribution in [1.82, 2.24) is 15.8 Å². The minimum Gasteiger partial charge on any atom is -0.359 e. The lowest BCUT2D eigenvalue weighted by atomic mass is 10.1. The molecule has 0 bridgehead atoms. The van der Waals surface area contributed by atoms with Crippen LogP contribution in [0.2, 0.25) is 0 Å². The Morgan fingerprint density at radius 1 is 1.29 bits per heavy atom. The van der Waals surface area contributed by atoms with E-state index in [9.17, 15) is 4.39 Å². The van der Waals surface area contributed by atoms with Crippen LogP contribution in [-0.4, -0.2) is 18.2 Å². The molecule has 1 aromatic heterocycles. The fourth-order valence-electron chi connectivity index (χ4n) is 1.93. The molecule has 0 radical (unpaired) electrons. The van der Waals surface area contributed by atoms with E-state index >= 15 is 0 Å². The van der Waals surface area contributed by atoms with Gasteiger partial charge in [-0.15, -0.1) is 24.0 Å². The Morgan fingerprint density at radius 3 is 2.62 bits per heavy atom. The number of nitrogens with zero attached hydrogens (tertiary/aromatic N) is 2. The van der Waals surface area contributed by atoms with Crippen LogP contribution < -0.4 is 10.6 Å². The van der Waals surface area contributed by atoms with E-state index in [2.05, 4.69) is 50.6 Å². The predicted molar refractivity (Wildman–Crippen MR) is 107 cm³/mol. The largest absolute Gasteiger partial charge is 0.359 e. The van der Waals surface area contributed by atoms with E-state index in [-0.39, 0.29) is 29.8 Å². The molecule has 132 valence electrons. The van der Waals surface area contributed by atoms with E-state index in [1.165, 1.54) is 6.07 Å². The van der Waals surface area contributed by atoms with Crippen LogP contribution in [0.15, 0.2) is 38.3 Å². The molecule has 0 spiro atoms. The Bertz CT molecular complexity index is 690. The topological polar surface area (TPSA) is 62.5 Å². The molecule has 8 heteroatoms. The maximum atomic E-state index is 13.7. The van der Waals surface area contributed by atoms with Crippen LogP contribution in [-0.2, 0) is 13.1 Å². The Kier molecular flexibility index (Phi) is 8.68. The van der Waals surface area contributed by atoms with Crippen molar-refractivity contribution in [1.29, 1.82) is 0 Å². The van der Waals surface area contributed by atoms with Crippen molar-refractivity contribution >= 4 is 45.9 Å². The standard InChI is InChI=1S/C16H20BrFN4O.HI/c1-10(2)15-7-13(23-22-15)9-21-16(19-3)20-8-11-6-12(17)4-5-14(11)18;/h4-7,10H,8-9H2,1-3H3,(H2,19,20,21);1H. The number of halogens is 3. The van der Waals surface area contributed by atoms with Gasteiger partial charge in [0.2, 0.25) is 0 Å². The van der Waals surface area contributed by atoms with Crippen LogP contribution in [0, 0.1) is 5.82 Å². The van der Waals surface area contributed by atoms with E-state index in [1.54, 1.807) is 19.2 Å². The van der Waals surface area contributed by atoms with E-state index in [0.29, 0.717) is 30.5 Å². The number of aromatic nitrogens is 1. The molecule has 2 N–H and O–H groups in total. The average molecular weight is 511 g/mol. The van der Waals surface area contributed by atoms with Crippen molar-refractivity contribution in [3.05, 3.63) is 51.6 Å². The van der Waals surface area contributed by atoms with Gasteiger partial charge in [0.25, 0.3) is 0 Å². The summed E-state index contributed by atoms with van der Waals surface area (Å²) in [7, 11) is 1.66. The molecule has 0 atom stereocenters. The first-order chi connectivity index (χ1) is 11.0. The SMILES string of the molecule is CN=C(NCc1cc(C(C)C)no1)NCc1cc(Br)ccc1F.I. The predicted octanol–water partition coefficient (Wildman–Crippen LogP) is 4.18. The van der Waals surface area contributed by atoms with E-state index in [4.69, 9.17) is 4.52 Å². The summed E-state index contributed by atoms with van der Waals surface area (Å²) in [5, 5.41) is 10.2. The third kappa shape index (κ3) is 6.04. The summed E-state index contributed by atoms with van der Waals surface area (Å²) in [4.78, 5) is 4.11. The van der Waals surface area contributed by atoms with Gasteiger partial charge in [-0.3, -0.25) is 4.99 Å². The molecule has 24 heavy (non-hydrogen) atoms. The first-order valence-corrected chi connectivity index (χ1v) is 8.13. The molecule has 2 aromatic rings. The smallest absolute Gasteiger partial charge is 0.191 e. The van der Waals surface area contributed by atoms with Crippen molar-refractivity contribution in [2.45, 2.75) is 32.9 Å². The van der Waals surface area contributed by atoms with Crippen LogP contribution in [0.1, 0.15) is 36.8 Å². The molecule has 0 saturated heterocycles. The first kappa shape index (κ1) is 20.9. The van der Waals surface area contributed by atoms with E-state index < -0.39 is 0 Å². The summed E-state index contributed by atoms with van der Waals surface area (Å²) in [6.07, 6.45) is 0. The summed E-state index contributed by atoms with van der Waals surface area (Å²) in [6, 6.07) is 6.75. The highest BCUT2D eigenvalue weighted by Gasteiger charge is 2.09. The van der Waals surface area contributed by atoms with Crippen molar-refractivity contribution in [3.63, 3.8) is 0 Å². The van der Waals surface area contributed by atoms with Crippen molar-refractivity contribution in [2.24, 2.45) is 4.99 Å². The van der Waals surface area contributed by atoms with Gasteiger partial charge in [0.1, 0.15) is 5.82 Å². The Hall–Kier alpha value is -1.16. The normalized spacial score (nSPS) is 11.3. The molecular formula is C16H21BrFIN4O. The van der Waals surface area contributed by atoms with Crippen LogP contribution in [0.5, 0.6) is 0 Å². The summed E-state index contributed by atoms with van der Waals surface area (Å²) in [5.41, 5.74) is 1.48. The summed E-state index contributed by atoms with van der Waals surface area (Å²) in [6.45, 7) is 4.91. The van der Waals surface area contributed by atoms with Crippen LogP contribution in [0.4, 0.5) is 4.39 Å². The second kappa shape index (κ2) is 9.97. The maximum Gasteiger partial charge on any atom is 0.191 e. The quantitative estimate of drug-likeness (QED) is 0.360. The Labute approximate surface area is 166 Å². The minimum absolute atomic E-state index is 0. The van der Waals surface area contributed by atoms with E-state index in [0.717, 1.165) is 15.9 Å². The third-order valence-electron chi connectivity index (χ3n) is 3.28. The molecule has 0 unspecified atom stereocenters. The molecule has 0 amide bonds. The summed E-state index contributed by atoms with van der Waals surface area (Å²) < 4.78 is 19.8. The molecule has 2 rings (SSSR count). The molecule has 0 aliphatic carbocycles. The summed E-state index contributed by atoms with van der Waals surface area (Å²) >= 11 is 3.34. The lowest BCUT2D eigenvalue weighted by Crippen LogP contribution is -2.36. The fourth-order valence-corrected chi connectivity index (χ4v) is 2.34. The zero-order chi connectivity index (χ0) is 16.8. The molecular weight excluding hydrogens is 490 g/mol. The molecule has 1 heterocycles. The number of rotatable bonds is 5. The maximum absolute atomic E-state index is 13.7. The van der Waals surface area contributed by atoms with Gasteiger partial charge in [-0.1, -0.05) is 34.9 Å². The number of guanidine groups is 1. The highest BCUT2D eigenvalue weighted by molar-refractivity contribution is 14.0. The number of nitrogens with one attached hydrogen (secondary N) is 2. The fraction of sp³-hybridized carbons (Fsp3) is 0.375. The van der Waals surface area contributed by atoms with Gasteiger partial charge in [0.15, 0.2) is 11.7 Å². The van der Waals surface area contributed by atoms with Gasteiger partial charge in [-0.2, -0.15) is 0 Å². The van der Waals surface area contributed by atoms with Crippen LogP contribution in [0.25, 0.3) is 0 Å². The van der Waals surface area contributed by atoms with Crippen LogP contribution >= 0.6 is 39.9 Å². The molecule has 0 fully saturated rings. The third-order valence-corrected chi connectivity index (χ3v) is 3.77. The van der Waals surface area contributed by atoms with Crippen molar-refractivity contribution < 1.29 is 8.91 Å².